The molecule has 1 atom stereocenters. The third-order valence-corrected chi connectivity index (χ3v) is 5.06. The number of amides is 1. The molecule has 6 heteroatoms. The number of alkyl carbamates (subject to hydrolysis) is 1. The molecule has 1 amide bonds. The number of hydrogen-bond donors (Lipinski definition) is 2. The van der Waals surface area contributed by atoms with E-state index in [1.807, 2.05) is 0 Å². The lowest BCUT2D eigenvalue weighted by Gasteiger charge is -2.21. The van der Waals surface area contributed by atoms with E-state index < -0.39 is 23.7 Å². The molecule has 0 aromatic carbocycles. The fraction of sp³-hybridized carbons (Fsp3) is 0.900. The summed E-state index contributed by atoms with van der Waals surface area (Å²) in [5.41, 5.74) is -0.629. The van der Waals surface area contributed by atoms with Gasteiger partial charge >= 0.3 is 12.1 Å². The molecule has 0 aromatic heterocycles. The standard InChI is InChI=1S/C20H39NO4S/c1-5-6-7-8-9-10-11-12-13-14-15-26-16-17(18(22)23)21-19(24)25-20(2,3)4/h17H,5-16H2,1-4H3,(H,21,24)(H,22,23)/t17-/m1/s1. The van der Waals surface area contributed by atoms with Crippen LogP contribution in [0.15, 0.2) is 0 Å². The van der Waals surface area contributed by atoms with Crippen LogP contribution < -0.4 is 5.32 Å². The molecule has 0 aliphatic carbocycles. The molecule has 0 aliphatic rings. The highest BCUT2D eigenvalue weighted by atomic mass is 32.2. The topological polar surface area (TPSA) is 75.6 Å². The van der Waals surface area contributed by atoms with Gasteiger partial charge in [0.15, 0.2) is 0 Å². The van der Waals surface area contributed by atoms with E-state index in [-0.39, 0.29) is 0 Å². The van der Waals surface area contributed by atoms with Crippen molar-refractivity contribution in [3.05, 3.63) is 0 Å². The second-order valence-electron chi connectivity index (χ2n) is 7.79. The van der Waals surface area contributed by atoms with Crippen molar-refractivity contribution >= 4 is 23.8 Å². The Kier molecular flexibility index (Phi) is 14.6. The van der Waals surface area contributed by atoms with Gasteiger partial charge in [0.25, 0.3) is 0 Å². The van der Waals surface area contributed by atoms with Crippen molar-refractivity contribution in [1.29, 1.82) is 0 Å². The molecule has 0 fully saturated rings. The monoisotopic (exact) mass is 389 g/mol. The first kappa shape index (κ1) is 25.1. The van der Waals surface area contributed by atoms with Gasteiger partial charge in [-0.1, -0.05) is 64.7 Å². The Balaban J connectivity index is 3.66. The van der Waals surface area contributed by atoms with Crippen LogP contribution in [0.25, 0.3) is 0 Å². The van der Waals surface area contributed by atoms with Crippen molar-refractivity contribution in [3.8, 4) is 0 Å². The van der Waals surface area contributed by atoms with E-state index in [1.54, 1.807) is 32.5 Å². The summed E-state index contributed by atoms with van der Waals surface area (Å²) in [4.78, 5) is 22.9. The Bertz CT molecular complexity index is 382. The summed E-state index contributed by atoms with van der Waals surface area (Å²) >= 11 is 1.58. The molecule has 0 bridgehead atoms. The maximum Gasteiger partial charge on any atom is 0.408 e. The number of thioether (sulfide) groups is 1. The molecule has 26 heavy (non-hydrogen) atoms. The van der Waals surface area contributed by atoms with E-state index in [2.05, 4.69) is 12.2 Å². The molecular formula is C20H39NO4S. The van der Waals surface area contributed by atoms with E-state index >= 15 is 0 Å². The molecule has 154 valence electrons. The van der Waals surface area contributed by atoms with E-state index in [0.717, 1.165) is 12.2 Å². The zero-order valence-corrected chi connectivity index (χ0v) is 18.0. The molecular weight excluding hydrogens is 350 g/mol. The third kappa shape index (κ3) is 16.6. The minimum absolute atomic E-state index is 0.367. The second-order valence-corrected chi connectivity index (χ2v) is 8.94. The second kappa shape index (κ2) is 15.2. The van der Waals surface area contributed by atoms with Crippen LogP contribution in [-0.4, -0.2) is 40.3 Å². The number of unbranched alkanes of at least 4 members (excludes halogenated alkanes) is 9. The number of carboxylic acids is 1. The van der Waals surface area contributed by atoms with Crippen LogP contribution in [0.5, 0.6) is 0 Å². The molecule has 2 N–H and O–H groups in total. The number of nitrogens with one attached hydrogen (secondary N) is 1. The zero-order chi connectivity index (χ0) is 19.8. The number of hydrogen-bond acceptors (Lipinski definition) is 4. The van der Waals surface area contributed by atoms with Crippen LogP contribution in [0.2, 0.25) is 0 Å². The Morgan fingerprint density at radius 3 is 1.92 bits per heavy atom. The number of carboxylic acid groups (broad SMARTS) is 1. The quantitative estimate of drug-likeness (QED) is 0.356. The summed E-state index contributed by atoms with van der Waals surface area (Å²) in [6, 6.07) is -0.905. The molecule has 0 unspecified atom stereocenters. The summed E-state index contributed by atoms with van der Waals surface area (Å²) in [7, 11) is 0. The first-order valence-electron chi connectivity index (χ1n) is 10.1. The highest BCUT2D eigenvalue weighted by Crippen LogP contribution is 2.13. The zero-order valence-electron chi connectivity index (χ0n) is 17.1. The molecule has 0 rings (SSSR count). The van der Waals surface area contributed by atoms with Crippen molar-refractivity contribution in [3.63, 3.8) is 0 Å². The van der Waals surface area contributed by atoms with Gasteiger partial charge < -0.3 is 15.2 Å². The maximum absolute atomic E-state index is 11.7. The number of aliphatic carboxylic acids is 1. The lowest BCUT2D eigenvalue weighted by atomic mass is 10.1. The predicted molar refractivity (Wildman–Crippen MR) is 110 cm³/mol. The number of carbonyl (C=O) groups is 2. The van der Waals surface area contributed by atoms with Gasteiger partial charge in [0, 0.05) is 5.75 Å². The fourth-order valence-corrected chi connectivity index (χ4v) is 3.55. The maximum atomic E-state index is 11.7. The van der Waals surface area contributed by atoms with Crippen LogP contribution in [0, 0.1) is 0 Å². The third-order valence-electron chi connectivity index (χ3n) is 3.92. The van der Waals surface area contributed by atoms with Crippen LogP contribution in [0.1, 0.15) is 91.9 Å². The molecule has 0 spiro atoms. The summed E-state index contributed by atoms with van der Waals surface area (Å²) in [5, 5.41) is 11.6. The van der Waals surface area contributed by atoms with Crippen LogP contribution >= 0.6 is 11.8 Å². The Hall–Kier alpha value is -0.910. The van der Waals surface area contributed by atoms with Crippen molar-refractivity contribution in [2.24, 2.45) is 0 Å². The smallest absolute Gasteiger partial charge is 0.408 e. The predicted octanol–water partition coefficient (Wildman–Crippen LogP) is 5.62. The van der Waals surface area contributed by atoms with E-state index in [9.17, 15) is 14.7 Å². The lowest BCUT2D eigenvalue weighted by Crippen LogP contribution is -2.45. The SMILES string of the molecule is CCCCCCCCCCCCSC[C@@H](NC(=O)OC(C)(C)C)C(=O)O. The van der Waals surface area contributed by atoms with Crippen LogP contribution in [-0.2, 0) is 9.53 Å². The van der Waals surface area contributed by atoms with Gasteiger partial charge in [-0.2, -0.15) is 11.8 Å². The number of rotatable bonds is 15. The molecule has 0 heterocycles. The Morgan fingerprint density at radius 2 is 1.46 bits per heavy atom. The Labute approximate surface area is 164 Å². The van der Waals surface area contributed by atoms with Gasteiger partial charge in [0.2, 0.25) is 0 Å². The van der Waals surface area contributed by atoms with Crippen LogP contribution in [0.4, 0.5) is 4.79 Å². The molecule has 0 aliphatic heterocycles. The average Bonchev–Trinajstić information content (AvgIpc) is 2.52. The number of ether oxygens (including phenoxy) is 1. The molecule has 0 saturated carbocycles. The van der Waals surface area contributed by atoms with Gasteiger partial charge in [0.1, 0.15) is 11.6 Å². The largest absolute Gasteiger partial charge is 0.480 e. The minimum atomic E-state index is -1.02. The first-order valence-corrected chi connectivity index (χ1v) is 11.2. The first-order chi connectivity index (χ1) is 12.3. The molecule has 0 aromatic rings. The molecule has 0 saturated heterocycles. The van der Waals surface area contributed by atoms with Gasteiger partial charge in [0.05, 0.1) is 0 Å². The summed E-state index contributed by atoms with van der Waals surface area (Å²) in [5.74, 6) is 0.272. The van der Waals surface area contributed by atoms with Crippen molar-refractivity contribution in [1.82, 2.24) is 5.32 Å². The number of carbonyl (C=O) groups excluding carboxylic acids is 1. The molecule has 5 nitrogen and oxygen atoms in total. The summed E-state index contributed by atoms with van der Waals surface area (Å²) < 4.78 is 5.11. The van der Waals surface area contributed by atoms with Crippen molar-refractivity contribution in [2.45, 2.75) is 104 Å². The Morgan fingerprint density at radius 1 is 0.962 bits per heavy atom. The van der Waals surface area contributed by atoms with Gasteiger partial charge in [-0.15, -0.1) is 0 Å². The normalized spacial score (nSPS) is 12.6. The minimum Gasteiger partial charge on any atom is -0.480 e. The van der Waals surface area contributed by atoms with Crippen molar-refractivity contribution in [2.75, 3.05) is 11.5 Å². The highest BCUT2D eigenvalue weighted by molar-refractivity contribution is 7.99. The van der Waals surface area contributed by atoms with E-state index in [0.29, 0.717) is 5.75 Å². The summed E-state index contributed by atoms with van der Waals surface area (Å²) in [6.07, 6.45) is 12.2. The summed E-state index contributed by atoms with van der Waals surface area (Å²) in [6.45, 7) is 7.50. The van der Waals surface area contributed by atoms with Crippen LogP contribution in [0.3, 0.4) is 0 Å². The lowest BCUT2D eigenvalue weighted by molar-refractivity contribution is -0.138. The van der Waals surface area contributed by atoms with Crippen molar-refractivity contribution < 1.29 is 19.4 Å². The van der Waals surface area contributed by atoms with E-state index in [4.69, 9.17) is 4.74 Å². The van der Waals surface area contributed by atoms with Gasteiger partial charge in [-0.05, 0) is 32.9 Å². The van der Waals surface area contributed by atoms with E-state index in [1.165, 1.54) is 57.8 Å². The fourth-order valence-electron chi connectivity index (χ4n) is 2.52. The highest BCUT2D eigenvalue weighted by Gasteiger charge is 2.23. The van der Waals surface area contributed by atoms with Gasteiger partial charge in [-0.3, -0.25) is 0 Å². The average molecular weight is 390 g/mol. The van der Waals surface area contributed by atoms with Gasteiger partial charge in [-0.25, -0.2) is 9.59 Å². The molecule has 0 radical (unpaired) electrons.